The third kappa shape index (κ3) is 4.33. The van der Waals surface area contributed by atoms with Crippen molar-refractivity contribution in [3.63, 3.8) is 0 Å². The normalized spacial score (nSPS) is 20.0. The Balaban J connectivity index is 0.00000324. The van der Waals surface area contributed by atoms with E-state index in [9.17, 15) is 4.79 Å². The number of methoxy groups -OCH3 is 1. The van der Waals surface area contributed by atoms with E-state index in [1.165, 1.54) is 0 Å². The first-order valence-electron chi connectivity index (χ1n) is 7.11. The number of carbonyl (C=O) groups excluding carboxylic acids is 1. The van der Waals surface area contributed by atoms with E-state index in [2.05, 4.69) is 13.8 Å². The number of carbonyl (C=O) groups is 1. The van der Waals surface area contributed by atoms with E-state index in [1.54, 1.807) is 7.11 Å². The molecule has 0 aromatic carbocycles. The van der Waals surface area contributed by atoms with Crippen LogP contribution in [0.2, 0.25) is 0 Å². The van der Waals surface area contributed by atoms with Gasteiger partial charge in [-0.3, -0.25) is 4.79 Å². The summed E-state index contributed by atoms with van der Waals surface area (Å²) in [6.07, 6.45) is 3.88. The van der Waals surface area contributed by atoms with Crippen LogP contribution in [-0.4, -0.2) is 44.2 Å². The van der Waals surface area contributed by atoms with Crippen LogP contribution in [0.25, 0.3) is 0 Å². The lowest BCUT2D eigenvalue weighted by Gasteiger charge is -2.39. The first-order chi connectivity index (χ1) is 8.63. The fraction of sp³-hybridized carbons (Fsp3) is 0.929. The standard InChI is InChI=1S/C14H28N2O2.ClH/c1-4-14(5-2,11-15)13(17)16-8-6-7-12(9-16)10-18-3;/h12H,4-11,15H2,1-3H3;1H. The zero-order valence-electron chi connectivity index (χ0n) is 12.5. The molecule has 5 heteroatoms. The van der Waals surface area contributed by atoms with Gasteiger partial charge < -0.3 is 15.4 Å². The van der Waals surface area contributed by atoms with Gasteiger partial charge in [-0.2, -0.15) is 0 Å². The first kappa shape index (κ1) is 18.7. The minimum Gasteiger partial charge on any atom is -0.384 e. The van der Waals surface area contributed by atoms with E-state index in [1.807, 2.05) is 4.90 Å². The molecule has 19 heavy (non-hydrogen) atoms. The van der Waals surface area contributed by atoms with Gasteiger partial charge >= 0.3 is 0 Å². The number of hydrogen-bond donors (Lipinski definition) is 1. The van der Waals surface area contributed by atoms with Gasteiger partial charge in [-0.15, -0.1) is 12.4 Å². The lowest BCUT2D eigenvalue weighted by atomic mass is 9.80. The van der Waals surface area contributed by atoms with Gasteiger partial charge in [0.05, 0.1) is 12.0 Å². The van der Waals surface area contributed by atoms with Crippen LogP contribution in [0.4, 0.5) is 0 Å². The van der Waals surface area contributed by atoms with Gasteiger partial charge in [0.2, 0.25) is 5.91 Å². The summed E-state index contributed by atoms with van der Waals surface area (Å²) in [5.74, 6) is 0.729. The average Bonchev–Trinajstić information content (AvgIpc) is 2.42. The molecule has 1 aliphatic rings. The lowest BCUT2D eigenvalue weighted by molar-refractivity contribution is -0.144. The van der Waals surface area contributed by atoms with Gasteiger partial charge in [0.25, 0.3) is 0 Å². The molecule has 4 nitrogen and oxygen atoms in total. The Kier molecular flexibility index (Phi) is 8.62. The summed E-state index contributed by atoms with van der Waals surface area (Å²) in [7, 11) is 1.73. The van der Waals surface area contributed by atoms with Crippen molar-refractivity contribution in [3.8, 4) is 0 Å². The SMILES string of the molecule is CCC(CC)(CN)C(=O)N1CCCC(COC)C1.Cl. The molecule has 0 aromatic rings. The van der Waals surface area contributed by atoms with E-state index < -0.39 is 0 Å². The Hall–Kier alpha value is -0.320. The third-order valence-electron chi connectivity index (χ3n) is 4.41. The number of rotatable bonds is 6. The Morgan fingerprint density at radius 2 is 2.05 bits per heavy atom. The number of halogens is 1. The van der Waals surface area contributed by atoms with Crippen molar-refractivity contribution in [2.45, 2.75) is 39.5 Å². The highest BCUT2D eigenvalue weighted by Gasteiger charge is 2.38. The van der Waals surface area contributed by atoms with Crippen LogP contribution in [0.3, 0.4) is 0 Å². The molecule has 0 bridgehead atoms. The monoisotopic (exact) mass is 292 g/mol. The Morgan fingerprint density at radius 3 is 2.53 bits per heavy atom. The summed E-state index contributed by atoms with van der Waals surface area (Å²) in [6.45, 7) is 7.02. The van der Waals surface area contributed by atoms with Crippen LogP contribution >= 0.6 is 12.4 Å². The molecule has 114 valence electrons. The van der Waals surface area contributed by atoms with Gasteiger partial charge in [-0.05, 0) is 31.6 Å². The second-order valence-electron chi connectivity index (χ2n) is 5.41. The number of nitrogens with two attached hydrogens (primary N) is 1. The minimum atomic E-state index is -0.352. The number of ether oxygens (including phenoxy) is 1. The van der Waals surface area contributed by atoms with Crippen molar-refractivity contribution < 1.29 is 9.53 Å². The molecule has 0 radical (unpaired) electrons. The average molecular weight is 293 g/mol. The first-order valence-corrected chi connectivity index (χ1v) is 7.11. The van der Waals surface area contributed by atoms with Gasteiger partial charge in [0.15, 0.2) is 0 Å². The molecule has 0 spiro atoms. The maximum Gasteiger partial charge on any atom is 0.230 e. The molecule has 1 unspecified atom stereocenters. The summed E-state index contributed by atoms with van der Waals surface area (Å²) in [5.41, 5.74) is 5.51. The van der Waals surface area contributed by atoms with Crippen LogP contribution in [0.15, 0.2) is 0 Å². The van der Waals surface area contributed by atoms with Crippen molar-refractivity contribution in [1.82, 2.24) is 4.90 Å². The maximum atomic E-state index is 12.7. The highest BCUT2D eigenvalue weighted by atomic mass is 35.5. The quantitative estimate of drug-likeness (QED) is 0.815. The largest absolute Gasteiger partial charge is 0.384 e. The molecule has 1 rings (SSSR count). The number of nitrogens with zero attached hydrogens (tertiary/aromatic N) is 1. The fourth-order valence-corrected chi connectivity index (χ4v) is 2.89. The van der Waals surface area contributed by atoms with E-state index in [-0.39, 0.29) is 23.7 Å². The molecule has 0 aromatic heterocycles. The van der Waals surface area contributed by atoms with Crippen molar-refractivity contribution in [2.75, 3.05) is 33.4 Å². The van der Waals surface area contributed by atoms with Crippen molar-refractivity contribution in [1.29, 1.82) is 0 Å². The Labute approximate surface area is 123 Å². The van der Waals surface area contributed by atoms with Gasteiger partial charge in [-0.1, -0.05) is 13.8 Å². The van der Waals surface area contributed by atoms with Crippen LogP contribution in [0.1, 0.15) is 39.5 Å². The van der Waals surface area contributed by atoms with Gasteiger partial charge in [-0.25, -0.2) is 0 Å². The fourth-order valence-electron chi connectivity index (χ4n) is 2.89. The number of amides is 1. The summed E-state index contributed by atoms with van der Waals surface area (Å²) < 4.78 is 5.21. The molecule has 1 atom stereocenters. The van der Waals surface area contributed by atoms with Crippen molar-refractivity contribution in [3.05, 3.63) is 0 Å². The predicted octanol–water partition coefficient (Wildman–Crippen LogP) is 2.06. The van der Waals surface area contributed by atoms with Crippen molar-refractivity contribution in [2.24, 2.45) is 17.1 Å². The van der Waals surface area contributed by atoms with Crippen LogP contribution in [-0.2, 0) is 9.53 Å². The van der Waals surface area contributed by atoms with E-state index >= 15 is 0 Å². The zero-order chi connectivity index (χ0) is 13.6. The molecular formula is C14H29ClN2O2. The van der Waals surface area contributed by atoms with E-state index in [4.69, 9.17) is 10.5 Å². The lowest BCUT2D eigenvalue weighted by Crippen LogP contribution is -2.51. The highest BCUT2D eigenvalue weighted by Crippen LogP contribution is 2.30. The van der Waals surface area contributed by atoms with Crippen molar-refractivity contribution >= 4 is 18.3 Å². The van der Waals surface area contributed by atoms with Gasteiger partial charge in [0, 0.05) is 26.7 Å². The van der Waals surface area contributed by atoms with E-state index in [0.29, 0.717) is 12.5 Å². The summed E-state index contributed by atoms with van der Waals surface area (Å²) in [5, 5.41) is 0. The summed E-state index contributed by atoms with van der Waals surface area (Å²) in [6, 6.07) is 0. The summed E-state index contributed by atoms with van der Waals surface area (Å²) >= 11 is 0. The molecule has 1 saturated heterocycles. The van der Waals surface area contributed by atoms with Crippen LogP contribution in [0.5, 0.6) is 0 Å². The molecule has 1 amide bonds. The molecule has 0 saturated carbocycles. The molecule has 1 heterocycles. The Bertz CT molecular complexity index is 260. The number of likely N-dealkylation sites (tertiary alicyclic amines) is 1. The molecule has 2 N–H and O–H groups in total. The predicted molar refractivity (Wildman–Crippen MR) is 80.5 cm³/mol. The highest BCUT2D eigenvalue weighted by molar-refractivity contribution is 5.85. The number of hydrogen-bond acceptors (Lipinski definition) is 3. The molecule has 1 fully saturated rings. The minimum absolute atomic E-state index is 0. The van der Waals surface area contributed by atoms with Crippen LogP contribution in [0, 0.1) is 11.3 Å². The molecule has 0 aliphatic carbocycles. The molecule has 1 aliphatic heterocycles. The zero-order valence-corrected chi connectivity index (χ0v) is 13.3. The van der Waals surface area contributed by atoms with Crippen LogP contribution < -0.4 is 5.73 Å². The third-order valence-corrected chi connectivity index (χ3v) is 4.41. The second kappa shape index (κ2) is 8.77. The number of piperidine rings is 1. The van der Waals surface area contributed by atoms with Gasteiger partial charge in [0.1, 0.15) is 0 Å². The molecular weight excluding hydrogens is 264 g/mol. The van der Waals surface area contributed by atoms with E-state index in [0.717, 1.165) is 45.4 Å². The second-order valence-corrected chi connectivity index (χ2v) is 5.41. The topological polar surface area (TPSA) is 55.6 Å². The summed E-state index contributed by atoms with van der Waals surface area (Å²) in [4.78, 5) is 14.7. The Morgan fingerprint density at radius 1 is 1.42 bits per heavy atom. The maximum absolute atomic E-state index is 12.7. The smallest absolute Gasteiger partial charge is 0.230 e.